The molecule has 6 heteroatoms. The van der Waals surface area contributed by atoms with Gasteiger partial charge in [-0.25, -0.2) is 4.98 Å². The SMILES string of the molecule is O=C(CSc1nc2c(c(=O)[nH]1)CCC2)NC1CCCC1. The number of carbonyl (C=O) groups excluding carboxylic acids is 1. The van der Waals surface area contributed by atoms with Crippen LogP contribution in [-0.2, 0) is 17.6 Å². The second-order valence-electron chi connectivity index (χ2n) is 5.49. The van der Waals surface area contributed by atoms with Crippen LogP contribution in [0.5, 0.6) is 0 Å². The van der Waals surface area contributed by atoms with Gasteiger partial charge in [0.2, 0.25) is 5.91 Å². The highest BCUT2D eigenvalue weighted by atomic mass is 32.2. The molecule has 1 heterocycles. The first-order valence-corrected chi connectivity index (χ1v) is 8.25. The molecule has 0 saturated heterocycles. The predicted octanol–water partition coefficient (Wildman–Crippen LogP) is 1.41. The lowest BCUT2D eigenvalue weighted by Crippen LogP contribution is -2.33. The number of aromatic nitrogens is 2. The van der Waals surface area contributed by atoms with E-state index in [0.717, 1.165) is 43.4 Å². The molecular weight excluding hydrogens is 274 g/mol. The van der Waals surface area contributed by atoms with Gasteiger partial charge in [-0.05, 0) is 32.1 Å². The van der Waals surface area contributed by atoms with Gasteiger partial charge in [0.15, 0.2) is 5.16 Å². The predicted molar refractivity (Wildman–Crippen MR) is 78.0 cm³/mol. The van der Waals surface area contributed by atoms with Gasteiger partial charge in [-0.2, -0.15) is 0 Å². The van der Waals surface area contributed by atoms with Gasteiger partial charge in [-0.15, -0.1) is 0 Å². The third kappa shape index (κ3) is 3.06. The molecule has 0 aromatic carbocycles. The molecule has 2 aliphatic rings. The first-order valence-electron chi connectivity index (χ1n) is 7.26. The van der Waals surface area contributed by atoms with Crippen LogP contribution < -0.4 is 10.9 Å². The first kappa shape index (κ1) is 13.7. The minimum Gasteiger partial charge on any atom is -0.353 e. The highest BCUT2D eigenvalue weighted by Gasteiger charge is 2.19. The molecule has 1 amide bonds. The van der Waals surface area contributed by atoms with Gasteiger partial charge >= 0.3 is 0 Å². The Bertz CT molecular complexity index is 564. The molecule has 20 heavy (non-hydrogen) atoms. The van der Waals surface area contributed by atoms with Gasteiger partial charge in [-0.1, -0.05) is 24.6 Å². The maximum absolute atomic E-state index is 11.8. The van der Waals surface area contributed by atoms with Gasteiger partial charge in [-0.3, -0.25) is 9.59 Å². The van der Waals surface area contributed by atoms with Crippen LogP contribution in [0, 0.1) is 0 Å². The van der Waals surface area contributed by atoms with Crippen molar-refractivity contribution < 1.29 is 4.79 Å². The summed E-state index contributed by atoms with van der Waals surface area (Å²) in [5.41, 5.74) is 1.70. The summed E-state index contributed by atoms with van der Waals surface area (Å²) >= 11 is 1.31. The van der Waals surface area contributed by atoms with Crippen LogP contribution in [0.1, 0.15) is 43.4 Å². The summed E-state index contributed by atoms with van der Waals surface area (Å²) in [6.07, 6.45) is 7.29. The van der Waals surface area contributed by atoms with Crippen LogP contribution in [0.25, 0.3) is 0 Å². The molecule has 5 nitrogen and oxygen atoms in total. The number of carbonyl (C=O) groups is 1. The molecule has 3 rings (SSSR count). The lowest BCUT2D eigenvalue weighted by atomic mass is 10.2. The van der Waals surface area contributed by atoms with Crippen LogP contribution in [0.3, 0.4) is 0 Å². The number of H-pyrrole nitrogens is 1. The smallest absolute Gasteiger partial charge is 0.254 e. The number of thioether (sulfide) groups is 1. The summed E-state index contributed by atoms with van der Waals surface area (Å²) in [6, 6.07) is 0.343. The normalized spacial score (nSPS) is 18.2. The third-order valence-corrected chi connectivity index (χ3v) is 4.85. The Kier molecular flexibility index (Phi) is 4.10. The van der Waals surface area contributed by atoms with E-state index in [0.29, 0.717) is 17.0 Å². The summed E-state index contributed by atoms with van der Waals surface area (Å²) < 4.78 is 0. The molecule has 0 spiro atoms. The van der Waals surface area contributed by atoms with E-state index in [1.165, 1.54) is 24.6 Å². The van der Waals surface area contributed by atoms with Gasteiger partial charge in [0.25, 0.3) is 5.56 Å². The minimum atomic E-state index is -0.0359. The topological polar surface area (TPSA) is 74.8 Å². The molecular formula is C14H19N3O2S. The monoisotopic (exact) mass is 293 g/mol. The van der Waals surface area contributed by atoms with Crippen molar-refractivity contribution in [1.29, 1.82) is 0 Å². The van der Waals surface area contributed by atoms with Crippen molar-refractivity contribution in [3.63, 3.8) is 0 Å². The summed E-state index contributed by atoms with van der Waals surface area (Å²) in [6.45, 7) is 0. The van der Waals surface area contributed by atoms with E-state index in [1.807, 2.05) is 0 Å². The molecule has 2 N–H and O–H groups in total. The second-order valence-corrected chi connectivity index (χ2v) is 6.45. The Morgan fingerprint density at radius 3 is 2.90 bits per heavy atom. The third-order valence-electron chi connectivity index (χ3n) is 3.98. The van der Waals surface area contributed by atoms with Crippen molar-refractivity contribution in [3.8, 4) is 0 Å². The fourth-order valence-electron chi connectivity index (χ4n) is 2.96. The number of fused-ring (bicyclic) bond motifs is 1. The number of amides is 1. The Morgan fingerprint density at radius 1 is 1.30 bits per heavy atom. The Balaban J connectivity index is 1.57. The minimum absolute atomic E-state index is 0.0325. The largest absolute Gasteiger partial charge is 0.353 e. The zero-order valence-electron chi connectivity index (χ0n) is 11.4. The Morgan fingerprint density at radius 2 is 2.10 bits per heavy atom. The number of hydrogen-bond acceptors (Lipinski definition) is 4. The van der Waals surface area contributed by atoms with E-state index >= 15 is 0 Å². The number of hydrogen-bond donors (Lipinski definition) is 2. The standard InChI is InChI=1S/C14H19N3O2S/c18-12(15-9-4-1-2-5-9)8-20-14-16-11-7-3-6-10(11)13(19)17-14/h9H,1-8H2,(H,15,18)(H,16,17,19). The Labute approximate surface area is 122 Å². The quantitative estimate of drug-likeness (QED) is 0.650. The molecule has 1 saturated carbocycles. The average Bonchev–Trinajstić information content (AvgIpc) is 3.07. The second kappa shape index (κ2) is 5.99. The van der Waals surface area contributed by atoms with E-state index in [1.54, 1.807) is 0 Å². The summed E-state index contributed by atoms with van der Waals surface area (Å²) in [5.74, 6) is 0.350. The molecule has 1 fully saturated rings. The lowest BCUT2D eigenvalue weighted by molar-refractivity contribution is -0.119. The van der Waals surface area contributed by atoms with E-state index in [-0.39, 0.29) is 11.5 Å². The zero-order valence-corrected chi connectivity index (χ0v) is 12.2. The number of nitrogens with one attached hydrogen (secondary N) is 2. The number of aromatic amines is 1. The van der Waals surface area contributed by atoms with Crippen LogP contribution >= 0.6 is 11.8 Å². The van der Waals surface area contributed by atoms with Gasteiger partial charge in [0.05, 0.1) is 11.4 Å². The van der Waals surface area contributed by atoms with Crippen molar-refractivity contribution >= 4 is 17.7 Å². The van der Waals surface area contributed by atoms with Crippen LogP contribution in [-0.4, -0.2) is 27.7 Å². The number of nitrogens with zero attached hydrogens (tertiary/aromatic N) is 1. The molecule has 0 unspecified atom stereocenters. The van der Waals surface area contributed by atoms with E-state index < -0.39 is 0 Å². The summed E-state index contributed by atoms with van der Waals surface area (Å²) in [7, 11) is 0. The van der Waals surface area contributed by atoms with Crippen molar-refractivity contribution in [2.45, 2.75) is 56.1 Å². The van der Waals surface area contributed by atoms with Crippen LogP contribution in [0.15, 0.2) is 9.95 Å². The van der Waals surface area contributed by atoms with E-state index in [9.17, 15) is 9.59 Å². The van der Waals surface area contributed by atoms with Crippen molar-refractivity contribution in [2.75, 3.05) is 5.75 Å². The molecule has 2 aliphatic carbocycles. The molecule has 1 aromatic rings. The van der Waals surface area contributed by atoms with Gasteiger partial charge < -0.3 is 10.3 Å². The molecule has 108 valence electrons. The lowest BCUT2D eigenvalue weighted by Gasteiger charge is -2.11. The van der Waals surface area contributed by atoms with Crippen molar-refractivity contribution in [2.24, 2.45) is 0 Å². The van der Waals surface area contributed by atoms with Crippen LogP contribution in [0.2, 0.25) is 0 Å². The van der Waals surface area contributed by atoms with Gasteiger partial charge in [0.1, 0.15) is 0 Å². The number of aryl methyl sites for hydroxylation is 1. The van der Waals surface area contributed by atoms with Gasteiger partial charge in [0, 0.05) is 11.6 Å². The molecule has 1 aromatic heterocycles. The summed E-state index contributed by atoms with van der Waals surface area (Å²) in [4.78, 5) is 30.9. The average molecular weight is 293 g/mol. The first-order chi connectivity index (χ1) is 9.72. The summed E-state index contributed by atoms with van der Waals surface area (Å²) in [5, 5.41) is 3.60. The molecule has 0 aliphatic heterocycles. The van der Waals surface area contributed by atoms with E-state index in [4.69, 9.17) is 0 Å². The highest BCUT2D eigenvalue weighted by Crippen LogP contribution is 2.20. The molecule has 0 atom stereocenters. The maximum Gasteiger partial charge on any atom is 0.254 e. The highest BCUT2D eigenvalue weighted by molar-refractivity contribution is 7.99. The van der Waals surface area contributed by atoms with Crippen molar-refractivity contribution in [1.82, 2.24) is 15.3 Å². The van der Waals surface area contributed by atoms with E-state index in [2.05, 4.69) is 15.3 Å². The fourth-order valence-corrected chi connectivity index (χ4v) is 3.65. The molecule has 0 radical (unpaired) electrons. The maximum atomic E-state index is 11.8. The fraction of sp³-hybridized carbons (Fsp3) is 0.643. The number of rotatable bonds is 4. The molecule has 0 bridgehead atoms. The van der Waals surface area contributed by atoms with Crippen LogP contribution in [0.4, 0.5) is 0 Å². The van der Waals surface area contributed by atoms with Crippen molar-refractivity contribution in [3.05, 3.63) is 21.6 Å². The zero-order chi connectivity index (χ0) is 13.9. The Hall–Kier alpha value is -1.30.